The maximum atomic E-state index is 13.0. The fourth-order valence-electron chi connectivity index (χ4n) is 1.94. The summed E-state index contributed by atoms with van der Waals surface area (Å²) in [7, 11) is 0. The lowest BCUT2D eigenvalue weighted by molar-refractivity contribution is -0.384. The van der Waals surface area contributed by atoms with Gasteiger partial charge >= 0.3 is 0 Å². The Hall–Kier alpha value is -2.12. The van der Waals surface area contributed by atoms with Crippen molar-refractivity contribution in [2.45, 2.75) is 10.9 Å². The Labute approximate surface area is 133 Å². The highest BCUT2D eigenvalue weighted by atomic mass is 35.5. The molecule has 22 heavy (non-hydrogen) atoms. The van der Waals surface area contributed by atoms with Crippen LogP contribution < -0.4 is 0 Å². The number of nitrogens with one attached hydrogen (secondary N) is 1. The summed E-state index contributed by atoms with van der Waals surface area (Å²) in [5.74, 6) is 0.135. The Morgan fingerprint density at radius 3 is 2.86 bits per heavy atom. The molecule has 2 aromatic carbocycles. The Kier molecular flexibility index (Phi) is 4.00. The molecule has 3 aromatic rings. The van der Waals surface area contributed by atoms with Gasteiger partial charge in [-0.2, -0.15) is 0 Å². The van der Waals surface area contributed by atoms with E-state index in [1.165, 1.54) is 36.0 Å². The van der Waals surface area contributed by atoms with Crippen molar-refractivity contribution >= 4 is 40.1 Å². The monoisotopic (exact) mass is 337 g/mol. The molecule has 0 fully saturated rings. The van der Waals surface area contributed by atoms with Gasteiger partial charge < -0.3 is 4.98 Å². The summed E-state index contributed by atoms with van der Waals surface area (Å²) < 4.78 is 13.0. The summed E-state index contributed by atoms with van der Waals surface area (Å²) in [6, 6.07) is 8.69. The van der Waals surface area contributed by atoms with Crippen molar-refractivity contribution in [2.75, 3.05) is 0 Å². The molecular weight excluding hydrogens is 329 g/mol. The Morgan fingerprint density at radius 2 is 2.14 bits per heavy atom. The fourth-order valence-corrected chi connectivity index (χ4v) is 3.14. The number of H-pyrrole nitrogens is 1. The number of aromatic amines is 1. The number of halogens is 2. The Morgan fingerprint density at radius 1 is 1.32 bits per heavy atom. The number of nitrogens with zero attached hydrogens (tertiary/aromatic N) is 2. The summed E-state index contributed by atoms with van der Waals surface area (Å²) in [4.78, 5) is 17.7. The van der Waals surface area contributed by atoms with Crippen LogP contribution in [0.4, 0.5) is 10.1 Å². The van der Waals surface area contributed by atoms with Gasteiger partial charge in [0.25, 0.3) is 5.69 Å². The van der Waals surface area contributed by atoms with Crippen molar-refractivity contribution in [2.24, 2.45) is 0 Å². The molecule has 1 aromatic heterocycles. The number of nitro benzene ring substituents is 1. The summed E-state index contributed by atoms with van der Waals surface area (Å²) >= 11 is 7.36. The summed E-state index contributed by atoms with van der Waals surface area (Å²) in [6.45, 7) is 0. The molecule has 0 atom stereocenters. The molecular formula is C14H9ClFN3O2S. The van der Waals surface area contributed by atoms with Crippen LogP contribution in [-0.2, 0) is 5.75 Å². The van der Waals surface area contributed by atoms with Gasteiger partial charge in [-0.15, -0.1) is 0 Å². The minimum atomic E-state index is -0.453. The zero-order chi connectivity index (χ0) is 15.7. The van der Waals surface area contributed by atoms with Crippen molar-refractivity contribution in [1.29, 1.82) is 0 Å². The number of non-ortho nitro benzene ring substituents is 1. The predicted molar refractivity (Wildman–Crippen MR) is 83.7 cm³/mol. The fraction of sp³-hybridized carbons (Fsp3) is 0.0714. The van der Waals surface area contributed by atoms with Crippen molar-refractivity contribution in [3.8, 4) is 0 Å². The average molecular weight is 338 g/mol. The van der Waals surface area contributed by atoms with Crippen molar-refractivity contribution in [3.05, 3.63) is 62.9 Å². The Bertz CT molecular complexity index is 868. The van der Waals surface area contributed by atoms with E-state index < -0.39 is 4.92 Å². The second kappa shape index (κ2) is 5.94. The topological polar surface area (TPSA) is 71.8 Å². The van der Waals surface area contributed by atoms with Gasteiger partial charge in [0.05, 0.1) is 16.0 Å². The highest BCUT2D eigenvalue weighted by Crippen LogP contribution is 2.28. The van der Waals surface area contributed by atoms with E-state index in [0.29, 0.717) is 27.0 Å². The van der Waals surface area contributed by atoms with E-state index in [1.54, 1.807) is 12.1 Å². The molecule has 0 bridgehead atoms. The van der Waals surface area contributed by atoms with E-state index in [0.717, 1.165) is 5.56 Å². The largest absolute Gasteiger partial charge is 0.333 e. The first-order valence-corrected chi connectivity index (χ1v) is 7.60. The van der Waals surface area contributed by atoms with Gasteiger partial charge in [0.15, 0.2) is 5.16 Å². The lowest BCUT2D eigenvalue weighted by atomic mass is 10.2. The number of nitro groups is 1. The van der Waals surface area contributed by atoms with Crippen molar-refractivity contribution in [3.63, 3.8) is 0 Å². The maximum Gasteiger partial charge on any atom is 0.271 e. The first-order chi connectivity index (χ1) is 10.5. The third-order valence-electron chi connectivity index (χ3n) is 3.03. The van der Waals surface area contributed by atoms with Crippen LogP contribution >= 0.6 is 23.4 Å². The molecule has 0 saturated carbocycles. The lowest BCUT2D eigenvalue weighted by Gasteiger charge is -2.02. The normalized spacial score (nSPS) is 11.0. The number of hydrogen-bond acceptors (Lipinski definition) is 4. The van der Waals surface area contributed by atoms with Crippen LogP contribution in [0.2, 0.25) is 5.02 Å². The molecule has 0 spiro atoms. The van der Waals surface area contributed by atoms with Crippen LogP contribution in [-0.4, -0.2) is 14.9 Å². The molecule has 0 aliphatic carbocycles. The zero-order valence-corrected chi connectivity index (χ0v) is 12.6. The van der Waals surface area contributed by atoms with E-state index in [-0.39, 0.29) is 11.5 Å². The van der Waals surface area contributed by atoms with Crippen molar-refractivity contribution in [1.82, 2.24) is 9.97 Å². The van der Waals surface area contributed by atoms with Crippen LogP contribution in [0, 0.1) is 15.9 Å². The quantitative estimate of drug-likeness (QED) is 0.430. The molecule has 112 valence electrons. The number of fused-ring (bicyclic) bond motifs is 1. The second-order valence-corrected chi connectivity index (χ2v) is 5.90. The van der Waals surface area contributed by atoms with Crippen LogP contribution in [0.15, 0.2) is 41.6 Å². The number of benzene rings is 2. The molecule has 5 nitrogen and oxygen atoms in total. The smallest absolute Gasteiger partial charge is 0.271 e. The predicted octanol–water partition coefficient (Wildman–Crippen LogP) is 4.56. The van der Waals surface area contributed by atoms with Crippen LogP contribution in [0.3, 0.4) is 0 Å². The average Bonchev–Trinajstić information content (AvgIpc) is 2.88. The van der Waals surface area contributed by atoms with E-state index in [2.05, 4.69) is 9.97 Å². The molecule has 1 N–H and O–H groups in total. The van der Waals surface area contributed by atoms with E-state index in [1.807, 2.05) is 0 Å². The molecule has 0 radical (unpaired) electrons. The summed E-state index contributed by atoms with van der Waals surface area (Å²) in [5.41, 5.74) is 2.05. The molecule has 8 heteroatoms. The summed E-state index contributed by atoms with van der Waals surface area (Å²) in [6.07, 6.45) is 0. The molecule has 0 amide bonds. The first-order valence-electron chi connectivity index (χ1n) is 6.24. The highest BCUT2D eigenvalue weighted by Gasteiger charge is 2.10. The number of thioether (sulfide) groups is 1. The number of imidazole rings is 1. The van der Waals surface area contributed by atoms with Gasteiger partial charge in [0.2, 0.25) is 0 Å². The Balaban J connectivity index is 1.80. The molecule has 0 unspecified atom stereocenters. The lowest BCUT2D eigenvalue weighted by Crippen LogP contribution is -1.86. The van der Waals surface area contributed by atoms with E-state index >= 15 is 0 Å². The van der Waals surface area contributed by atoms with Gasteiger partial charge in [-0.25, -0.2) is 9.37 Å². The molecule has 3 rings (SSSR count). The van der Waals surface area contributed by atoms with Crippen LogP contribution in [0.1, 0.15) is 5.56 Å². The van der Waals surface area contributed by atoms with Crippen molar-refractivity contribution < 1.29 is 9.31 Å². The SMILES string of the molecule is O=[N+]([O-])c1ccc2nc(SCc3ccc(F)cc3Cl)[nH]c2c1. The van der Waals surface area contributed by atoms with Crippen LogP contribution in [0.25, 0.3) is 11.0 Å². The zero-order valence-electron chi connectivity index (χ0n) is 11.0. The third-order valence-corrected chi connectivity index (χ3v) is 4.31. The van der Waals surface area contributed by atoms with E-state index in [4.69, 9.17) is 11.6 Å². The van der Waals surface area contributed by atoms with Gasteiger partial charge in [0, 0.05) is 22.9 Å². The molecule has 0 aliphatic rings. The molecule has 0 aliphatic heterocycles. The molecule has 0 saturated heterocycles. The van der Waals surface area contributed by atoms with E-state index in [9.17, 15) is 14.5 Å². The number of rotatable bonds is 4. The first kappa shape index (κ1) is 14.8. The van der Waals surface area contributed by atoms with Gasteiger partial charge in [-0.3, -0.25) is 10.1 Å². The minimum absolute atomic E-state index is 0.00859. The standard InChI is InChI=1S/C14H9ClFN3O2S/c15-11-5-9(16)2-1-8(11)7-22-14-17-12-4-3-10(19(20)21)6-13(12)18-14/h1-6H,7H2,(H,17,18). The summed E-state index contributed by atoms with van der Waals surface area (Å²) in [5, 5.41) is 11.7. The molecule has 1 heterocycles. The van der Waals surface area contributed by atoms with Gasteiger partial charge in [0.1, 0.15) is 5.82 Å². The number of hydrogen-bond donors (Lipinski definition) is 1. The second-order valence-electron chi connectivity index (χ2n) is 4.52. The van der Waals surface area contributed by atoms with Gasteiger partial charge in [-0.1, -0.05) is 29.4 Å². The van der Waals surface area contributed by atoms with Crippen LogP contribution in [0.5, 0.6) is 0 Å². The minimum Gasteiger partial charge on any atom is -0.333 e. The maximum absolute atomic E-state index is 13.0. The number of aromatic nitrogens is 2. The third kappa shape index (κ3) is 3.05. The van der Waals surface area contributed by atoms with Gasteiger partial charge in [-0.05, 0) is 23.8 Å². The highest BCUT2D eigenvalue weighted by molar-refractivity contribution is 7.98.